The van der Waals surface area contributed by atoms with Gasteiger partial charge in [0.2, 0.25) is 0 Å². The van der Waals surface area contributed by atoms with Crippen molar-refractivity contribution in [3.05, 3.63) is 0 Å². The number of rotatable bonds is 2. The van der Waals surface area contributed by atoms with Gasteiger partial charge in [-0.3, -0.25) is 0 Å². The summed E-state index contributed by atoms with van der Waals surface area (Å²) in [4.78, 5) is 2.13. The van der Waals surface area contributed by atoms with E-state index in [1.54, 1.807) is 7.11 Å². The molecule has 2 heterocycles. The molecule has 2 unspecified atom stereocenters. The molecule has 0 saturated carbocycles. The maximum Gasteiger partial charge on any atom is 0.0824 e. The van der Waals surface area contributed by atoms with Gasteiger partial charge in [-0.1, -0.05) is 11.2 Å². The first-order valence-electron chi connectivity index (χ1n) is 5.10. The van der Waals surface area contributed by atoms with Crippen LogP contribution in [0.5, 0.6) is 0 Å². The van der Waals surface area contributed by atoms with E-state index in [9.17, 15) is 0 Å². The Hall–Kier alpha value is 0.115. The van der Waals surface area contributed by atoms with Crippen molar-refractivity contribution in [2.24, 2.45) is 0 Å². The van der Waals surface area contributed by atoms with Crippen molar-refractivity contribution < 1.29 is 4.74 Å². The van der Waals surface area contributed by atoms with Gasteiger partial charge in [0, 0.05) is 12.6 Å². The van der Waals surface area contributed by atoms with Crippen LogP contribution in [0.25, 0.3) is 0 Å². The summed E-state index contributed by atoms with van der Waals surface area (Å²) in [5.74, 6) is 0.178. The molecule has 0 aromatic rings. The molecular formula is C9H14B3NO. The molecule has 0 aromatic heterocycles. The van der Waals surface area contributed by atoms with E-state index < -0.39 is 5.34 Å². The van der Waals surface area contributed by atoms with E-state index in [-0.39, 0.29) is 11.4 Å². The fourth-order valence-electron chi connectivity index (χ4n) is 2.99. The maximum absolute atomic E-state index is 6.03. The Kier molecular flexibility index (Phi) is 2.51. The van der Waals surface area contributed by atoms with Gasteiger partial charge in [0.1, 0.15) is 0 Å². The Balaban J connectivity index is 2.22. The fraction of sp³-hybridized carbons (Fsp3) is 1.00. The van der Waals surface area contributed by atoms with Crippen LogP contribution >= 0.6 is 0 Å². The van der Waals surface area contributed by atoms with Crippen LogP contribution in [0.2, 0.25) is 5.82 Å². The average Bonchev–Trinajstić information content (AvgIpc) is 2.51. The van der Waals surface area contributed by atoms with E-state index in [0.29, 0.717) is 6.61 Å². The zero-order valence-electron chi connectivity index (χ0n) is 8.70. The number of fused-ring (bicyclic) bond motifs is 1. The molecule has 2 saturated heterocycles. The highest BCUT2D eigenvalue weighted by Crippen LogP contribution is 2.48. The van der Waals surface area contributed by atoms with Crippen LogP contribution in [0.15, 0.2) is 0 Å². The summed E-state index contributed by atoms with van der Waals surface area (Å²) in [6.45, 7) is 1.47. The first kappa shape index (κ1) is 10.6. The fourth-order valence-corrected chi connectivity index (χ4v) is 2.99. The Bertz CT molecular complexity index is 236. The van der Waals surface area contributed by atoms with Crippen molar-refractivity contribution in [3.63, 3.8) is 0 Å². The van der Waals surface area contributed by atoms with Crippen LogP contribution < -0.4 is 0 Å². The second-order valence-corrected chi connectivity index (χ2v) is 4.72. The molecule has 0 N–H and O–H groups in total. The van der Waals surface area contributed by atoms with Crippen LogP contribution in [0.3, 0.4) is 0 Å². The predicted octanol–water partition coefficient (Wildman–Crippen LogP) is -0.181. The molecule has 2 fully saturated rings. The first-order valence-corrected chi connectivity index (χ1v) is 5.10. The van der Waals surface area contributed by atoms with Crippen molar-refractivity contribution >= 4 is 23.5 Å². The van der Waals surface area contributed by atoms with Gasteiger partial charge in [0.15, 0.2) is 0 Å². The summed E-state index contributed by atoms with van der Waals surface area (Å²) in [5.41, 5.74) is -0.00231. The summed E-state index contributed by atoms with van der Waals surface area (Å²) in [7, 11) is 19.7. The molecule has 2 aliphatic heterocycles. The molecule has 2 nitrogen and oxygen atoms in total. The lowest BCUT2D eigenvalue weighted by atomic mass is 9.60. The van der Waals surface area contributed by atoms with Crippen molar-refractivity contribution in [1.82, 2.24) is 4.90 Å². The highest BCUT2D eigenvalue weighted by atomic mass is 16.5. The quantitative estimate of drug-likeness (QED) is 0.553. The normalized spacial score (nSPS) is 41.4. The number of methoxy groups -OCH3 is 1. The smallest absolute Gasteiger partial charge is 0.0824 e. The third kappa shape index (κ3) is 1.45. The first-order chi connectivity index (χ1) is 6.50. The Morgan fingerprint density at radius 3 is 2.79 bits per heavy atom. The topological polar surface area (TPSA) is 12.5 Å². The molecule has 2 aliphatic rings. The zero-order chi connectivity index (χ0) is 10.4. The summed E-state index contributed by atoms with van der Waals surface area (Å²) < 4.78 is 5.26. The Morgan fingerprint density at radius 2 is 2.14 bits per heavy atom. The van der Waals surface area contributed by atoms with E-state index >= 15 is 0 Å². The van der Waals surface area contributed by atoms with Crippen LogP contribution in [0.4, 0.5) is 0 Å². The summed E-state index contributed by atoms with van der Waals surface area (Å²) in [6.07, 6.45) is 2.75. The van der Waals surface area contributed by atoms with Crippen LogP contribution in [-0.2, 0) is 4.74 Å². The van der Waals surface area contributed by atoms with Gasteiger partial charge < -0.3 is 9.64 Å². The standard InChI is InChI=1S/C9H14B3NO/c1-14-6-8-2-3-9(11,12)13(8)5-7(10)4-8/h7H,2-6H2,1H3. The third-order valence-electron chi connectivity index (χ3n) is 3.54. The average molecular weight is 185 g/mol. The minimum absolute atomic E-state index is 0.00231. The van der Waals surface area contributed by atoms with E-state index in [1.165, 1.54) is 0 Å². The summed E-state index contributed by atoms with van der Waals surface area (Å²) in [5, 5.41) is -0.688. The molecular weight excluding hydrogens is 171 g/mol. The maximum atomic E-state index is 6.03. The van der Waals surface area contributed by atoms with Gasteiger partial charge in [0.05, 0.1) is 30.1 Å². The molecule has 0 bridgehead atoms. The van der Waals surface area contributed by atoms with Gasteiger partial charge in [-0.2, -0.15) is 0 Å². The molecule has 2 atom stereocenters. The molecule has 0 aliphatic carbocycles. The van der Waals surface area contributed by atoms with Crippen molar-refractivity contribution in [2.75, 3.05) is 20.3 Å². The van der Waals surface area contributed by atoms with Crippen LogP contribution in [-0.4, -0.2) is 59.6 Å². The predicted molar refractivity (Wildman–Crippen MR) is 58.9 cm³/mol. The molecule has 0 spiro atoms. The summed E-state index contributed by atoms with van der Waals surface area (Å²) >= 11 is 0. The van der Waals surface area contributed by atoms with Crippen molar-refractivity contribution in [3.8, 4) is 0 Å². The summed E-state index contributed by atoms with van der Waals surface area (Å²) in [6, 6.07) is 0. The molecule has 70 valence electrons. The molecule has 5 heteroatoms. The molecule has 2 rings (SSSR count). The molecule has 0 amide bonds. The monoisotopic (exact) mass is 185 g/mol. The van der Waals surface area contributed by atoms with Crippen LogP contribution in [0, 0.1) is 0 Å². The molecule has 0 aromatic carbocycles. The number of hydrogen-bond donors (Lipinski definition) is 0. The third-order valence-corrected chi connectivity index (χ3v) is 3.54. The minimum atomic E-state index is -0.688. The van der Waals surface area contributed by atoms with E-state index in [1.807, 2.05) is 0 Å². The van der Waals surface area contributed by atoms with Gasteiger partial charge in [0.25, 0.3) is 0 Å². The van der Waals surface area contributed by atoms with E-state index in [4.69, 9.17) is 28.3 Å². The SMILES string of the molecule is [B]C1CN2C([B])([B])CCC2(COC)C1. The van der Waals surface area contributed by atoms with Gasteiger partial charge in [-0.15, -0.1) is 0 Å². The van der Waals surface area contributed by atoms with E-state index in [0.717, 1.165) is 25.8 Å². The van der Waals surface area contributed by atoms with Gasteiger partial charge in [-0.25, -0.2) is 0 Å². The van der Waals surface area contributed by atoms with Crippen LogP contribution in [0.1, 0.15) is 19.3 Å². The Labute approximate surface area is 90.0 Å². The lowest BCUT2D eigenvalue weighted by Crippen LogP contribution is -2.53. The van der Waals surface area contributed by atoms with Crippen molar-refractivity contribution in [1.29, 1.82) is 0 Å². The van der Waals surface area contributed by atoms with E-state index in [2.05, 4.69) is 4.90 Å². The number of hydrogen-bond acceptors (Lipinski definition) is 2. The molecule has 6 radical (unpaired) electrons. The van der Waals surface area contributed by atoms with Gasteiger partial charge in [-0.05, 0) is 25.8 Å². The highest BCUT2D eigenvalue weighted by molar-refractivity contribution is 6.40. The number of nitrogens with zero attached hydrogens (tertiary/aromatic N) is 1. The minimum Gasteiger partial charge on any atom is -0.383 e. The zero-order valence-corrected chi connectivity index (χ0v) is 8.70. The lowest BCUT2D eigenvalue weighted by molar-refractivity contribution is 0.0549. The highest BCUT2D eigenvalue weighted by Gasteiger charge is 2.53. The second kappa shape index (κ2) is 3.31. The van der Waals surface area contributed by atoms with Crippen molar-refractivity contribution in [2.45, 2.75) is 36.0 Å². The van der Waals surface area contributed by atoms with Gasteiger partial charge >= 0.3 is 0 Å². The largest absolute Gasteiger partial charge is 0.383 e. The second-order valence-electron chi connectivity index (χ2n) is 4.72. The lowest BCUT2D eigenvalue weighted by Gasteiger charge is -2.39. The molecule has 14 heavy (non-hydrogen) atoms. The Morgan fingerprint density at radius 1 is 1.43 bits per heavy atom. The number of ether oxygens (including phenoxy) is 1.